The monoisotopic (exact) mass is 561 g/mol. The number of carbonyl (C=O) groups excluding carboxylic acids is 1. The molecule has 0 aliphatic carbocycles. The Morgan fingerprint density at radius 1 is 0.912 bits per heavy atom. The van der Waals surface area contributed by atoms with Crippen LogP contribution in [-0.4, -0.2) is 19.0 Å². The first-order valence-electron chi connectivity index (χ1n) is 10.7. The van der Waals surface area contributed by atoms with Gasteiger partial charge in [-0.2, -0.15) is 0 Å². The van der Waals surface area contributed by atoms with Crippen molar-refractivity contribution in [1.82, 2.24) is 0 Å². The molecule has 34 heavy (non-hydrogen) atoms. The van der Waals surface area contributed by atoms with E-state index in [9.17, 15) is 4.79 Å². The fraction of sp³-hybridized carbons (Fsp3) is 0.0714. The molecule has 0 radical (unpaired) electrons. The third kappa shape index (κ3) is 4.82. The average molecular weight is 561 g/mol. The first kappa shape index (κ1) is 22.2. The highest BCUT2D eigenvalue weighted by Gasteiger charge is 2.24. The van der Waals surface area contributed by atoms with E-state index in [-0.39, 0.29) is 5.70 Å². The van der Waals surface area contributed by atoms with E-state index in [4.69, 9.17) is 14.2 Å². The molecule has 0 unspecified atom stereocenters. The molecular formula is C28H20INO4. The Balaban J connectivity index is 1.37. The van der Waals surface area contributed by atoms with Gasteiger partial charge >= 0.3 is 5.97 Å². The number of carbonyl (C=O) groups is 1. The Labute approximate surface area is 210 Å². The zero-order valence-corrected chi connectivity index (χ0v) is 20.5. The normalized spacial score (nSPS) is 14.2. The minimum Gasteiger partial charge on any atom is -0.493 e. The van der Waals surface area contributed by atoms with Gasteiger partial charge < -0.3 is 14.2 Å². The van der Waals surface area contributed by atoms with Gasteiger partial charge in [-0.3, -0.25) is 0 Å². The number of aliphatic imine (C=N–C) groups is 1. The second-order valence-corrected chi connectivity index (χ2v) is 8.97. The van der Waals surface area contributed by atoms with Crippen LogP contribution in [0.4, 0.5) is 0 Å². The van der Waals surface area contributed by atoms with Crippen LogP contribution >= 0.6 is 22.6 Å². The molecule has 1 aliphatic heterocycles. The van der Waals surface area contributed by atoms with Gasteiger partial charge in [0.1, 0.15) is 6.61 Å². The summed E-state index contributed by atoms with van der Waals surface area (Å²) < 4.78 is 18.1. The van der Waals surface area contributed by atoms with Crippen LogP contribution in [0, 0.1) is 3.57 Å². The van der Waals surface area contributed by atoms with Crippen molar-refractivity contribution in [1.29, 1.82) is 0 Å². The Hall–Kier alpha value is -3.65. The van der Waals surface area contributed by atoms with Gasteiger partial charge in [-0.25, -0.2) is 9.79 Å². The highest BCUT2D eigenvalue weighted by Crippen LogP contribution is 2.31. The molecule has 4 aromatic rings. The van der Waals surface area contributed by atoms with Crippen LogP contribution in [-0.2, 0) is 16.1 Å². The van der Waals surface area contributed by atoms with Gasteiger partial charge in [-0.15, -0.1) is 0 Å². The Morgan fingerprint density at radius 2 is 1.76 bits per heavy atom. The summed E-state index contributed by atoms with van der Waals surface area (Å²) in [5, 5.41) is 2.17. The Kier molecular flexibility index (Phi) is 6.31. The van der Waals surface area contributed by atoms with Gasteiger partial charge in [0, 0.05) is 9.13 Å². The summed E-state index contributed by atoms with van der Waals surface area (Å²) in [7, 11) is 1.59. The van der Waals surface area contributed by atoms with Crippen molar-refractivity contribution in [2.24, 2.45) is 4.99 Å². The van der Waals surface area contributed by atoms with Crippen LogP contribution in [0.3, 0.4) is 0 Å². The van der Waals surface area contributed by atoms with Crippen LogP contribution in [0.2, 0.25) is 0 Å². The minimum atomic E-state index is -0.485. The molecule has 168 valence electrons. The maximum atomic E-state index is 12.5. The molecule has 5 nitrogen and oxygen atoms in total. The topological polar surface area (TPSA) is 57.1 Å². The van der Waals surface area contributed by atoms with Crippen LogP contribution < -0.4 is 9.47 Å². The van der Waals surface area contributed by atoms with Gasteiger partial charge in [0.05, 0.1) is 7.11 Å². The van der Waals surface area contributed by atoms with Gasteiger partial charge in [0.25, 0.3) is 0 Å². The molecule has 0 saturated carbocycles. The van der Waals surface area contributed by atoms with Crippen molar-refractivity contribution in [3.8, 4) is 11.5 Å². The fourth-order valence-corrected chi connectivity index (χ4v) is 4.30. The van der Waals surface area contributed by atoms with Gasteiger partial charge in [0.15, 0.2) is 17.2 Å². The zero-order valence-electron chi connectivity index (χ0n) is 18.3. The minimum absolute atomic E-state index is 0.234. The number of fused-ring (bicyclic) bond motifs is 1. The molecule has 0 N–H and O–H groups in total. The van der Waals surface area contributed by atoms with Gasteiger partial charge in [-0.05, 0) is 87.0 Å². The predicted molar refractivity (Wildman–Crippen MR) is 141 cm³/mol. The molecule has 1 aliphatic rings. The summed E-state index contributed by atoms with van der Waals surface area (Å²) in [5.41, 5.74) is 2.82. The number of methoxy groups -OCH3 is 1. The number of nitrogens with zero attached hydrogens (tertiary/aromatic N) is 1. The lowest BCUT2D eigenvalue weighted by atomic mass is 10.1. The number of esters is 1. The molecule has 0 fully saturated rings. The fourth-order valence-electron chi connectivity index (χ4n) is 3.69. The van der Waals surface area contributed by atoms with Crippen LogP contribution in [0.1, 0.15) is 16.7 Å². The second kappa shape index (κ2) is 9.69. The number of cyclic esters (lactones) is 1. The number of rotatable bonds is 6. The van der Waals surface area contributed by atoms with Crippen molar-refractivity contribution < 1.29 is 19.0 Å². The van der Waals surface area contributed by atoms with Crippen molar-refractivity contribution in [2.45, 2.75) is 6.61 Å². The van der Waals surface area contributed by atoms with Crippen LogP contribution in [0.25, 0.3) is 16.8 Å². The number of hydrogen-bond donors (Lipinski definition) is 0. The second-order valence-electron chi connectivity index (χ2n) is 7.73. The van der Waals surface area contributed by atoms with E-state index in [1.807, 2.05) is 78.9 Å². The molecule has 0 aromatic heterocycles. The molecule has 6 heteroatoms. The molecular weight excluding hydrogens is 541 g/mol. The SMILES string of the molecule is COc1cc(/C=C2\N=C(c3ccc4ccccc4c3)OC2=O)ccc1OCc1cccc(I)c1. The molecule has 0 bridgehead atoms. The highest BCUT2D eigenvalue weighted by molar-refractivity contribution is 14.1. The summed E-state index contributed by atoms with van der Waals surface area (Å²) in [4.78, 5) is 16.9. The Bertz CT molecular complexity index is 1460. The molecule has 0 spiro atoms. The standard InChI is InChI=1S/C28H20INO4/c1-32-26-15-18(9-12-25(26)33-17-19-5-4-8-23(29)13-19)14-24-28(31)34-27(30-24)22-11-10-20-6-2-3-7-21(20)16-22/h2-16H,17H2,1H3/b24-14-. The molecule has 1 heterocycles. The summed E-state index contributed by atoms with van der Waals surface area (Å²) in [6, 6.07) is 27.5. The molecule has 0 amide bonds. The van der Waals surface area contributed by atoms with Crippen LogP contribution in [0.15, 0.2) is 95.6 Å². The molecule has 0 atom stereocenters. The van der Waals surface area contributed by atoms with E-state index < -0.39 is 5.97 Å². The molecule has 5 rings (SSSR count). The van der Waals surface area contributed by atoms with E-state index in [0.29, 0.717) is 24.0 Å². The van der Waals surface area contributed by atoms with E-state index in [2.05, 4.69) is 33.6 Å². The largest absolute Gasteiger partial charge is 0.493 e. The highest BCUT2D eigenvalue weighted by atomic mass is 127. The number of benzene rings is 4. The van der Waals surface area contributed by atoms with Crippen LogP contribution in [0.5, 0.6) is 11.5 Å². The van der Waals surface area contributed by atoms with Gasteiger partial charge in [-0.1, -0.05) is 48.5 Å². The van der Waals surface area contributed by atoms with E-state index in [1.165, 1.54) is 0 Å². The van der Waals surface area contributed by atoms with Crippen molar-refractivity contribution >= 4 is 51.3 Å². The molecule has 4 aromatic carbocycles. The number of ether oxygens (including phenoxy) is 3. The number of hydrogen-bond acceptors (Lipinski definition) is 5. The van der Waals surface area contributed by atoms with Gasteiger partial charge in [0.2, 0.25) is 5.90 Å². The predicted octanol–water partition coefficient (Wildman–Crippen LogP) is 6.38. The van der Waals surface area contributed by atoms with Crippen molar-refractivity contribution in [3.63, 3.8) is 0 Å². The smallest absolute Gasteiger partial charge is 0.363 e. The quantitative estimate of drug-likeness (QED) is 0.156. The third-order valence-corrected chi connectivity index (χ3v) is 6.06. The Morgan fingerprint density at radius 3 is 2.59 bits per heavy atom. The van der Waals surface area contributed by atoms with Crippen molar-refractivity contribution in [3.05, 3.63) is 111 Å². The van der Waals surface area contributed by atoms with Crippen molar-refractivity contribution in [2.75, 3.05) is 7.11 Å². The maximum Gasteiger partial charge on any atom is 0.363 e. The molecule has 0 saturated heterocycles. The first-order valence-corrected chi connectivity index (χ1v) is 11.7. The summed E-state index contributed by atoms with van der Waals surface area (Å²) in [5.74, 6) is 1.01. The zero-order chi connectivity index (χ0) is 23.5. The summed E-state index contributed by atoms with van der Waals surface area (Å²) >= 11 is 2.28. The lowest BCUT2D eigenvalue weighted by molar-refractivity contribution is -0.129. The van der Waals surface area contributed by atoms with E-state index in [0.717, 1.165) is 31.0 Å². The first-order chi connectivity index (χ1) is 16.6. The summed E-state index contributed by atoms with van der Waals surface area (Å²) in [6.45, 7) is 0.430. The van der Waals surface area contributed by atoms with E-state index in [1.54, 1.807) is 13.2 Å². The third-order valence-electron chi connectivity index (χ3n) is 5.39. The maximum absolute atomic E-state index is 12.5. The van der Waals surface area contributed by atoms with E-state index >= 15 is 0 Å². The lowest BCUT2D eigenvalue weighted by Crippen LogP contribution is -2.05. The lowest BCUT2D eigenvalue weighted by Gasteiger charge is -2.11. The number of halogens is 1. The summed E-state index contributed by atoms with van der Waals surface area (Å²) in [6.07, 6.45) is 1.68. The average Bonchev–Trinajstić information content (AvgIpc) is 3.22.